The Morgan fingerprint density at radius 2 is 1.88 bits per heavy atom. The minimum atomic E-state index is -4.70. The number of rotatable bonds is 6. The predicted molar refractivity (Wildman–Crippen MR) is 70.5 cm³/mol. The van der Waals surface area contributed by atoms with Crippen LogP contribution < -0.4 is 5.32 Å². The third kappa shape index (κ3) is 4.94. The maximum atomic E-state index is 12.7. The molecular formula is C12H13F6N5O. The average Bonchev–Trinajstić information content (AvgIpc) is 2.85. The number of hydrogen-bond donors (Lipinski definition) is 1. The van der Waals surface area contributed by atoms with Crippen molar-refractivity contribution in [2.75, 3.05) is 25.1 Å². The molecule has 2 aromatic rings. The first-order chi connectivity index (χ1) is 11.1. The van der Waals surface area contributed by atoms with Crippen molar-refractivity contribution in [1.29, 1.82) is 0 Å². The Morgan fingerprint density at radius 3 is 2.50 bits per heavy atom. The molecule has 0 aromatic carbocycles. The number of anilines is 1. The van der Waals surface area contributed by atoms with Gasteiger partial charge in [-0.1, -0.05) is 0 Å². The second kappa shape index (κ2) is 6.79. The van der Waals surface area contributed by atoms with Crippen LogP contribution in [0.4, 0.5) is 32.2 Å². The molecule has 0 saturated heterocycles. The number of nitrogens with one attached hydrogen (secondary N) is 1. The highest BCUT2D eigenvalue weighted by atomic mass is 19.4. The van der Waals surface area contributed by atoms with Crippen molar-refractivity contribution in [2.24, 2.45) is 0 Å². The summed E-state index contributed by atoms with van der Waals surface area (Å²) in [5, 5.41) is 6.13. The zero-order chi connectivity index (χ0) is 18.0. The highest BCUT2D eigenvalue weighted by Gasteiger charge is 2.36. The fourth-order valence-corrected chi connectivity index (χ4v) is 1.81. The Morgan fingerprint density at radius 1 is 1.17 bits per heavy atom. The Labute approximate surface area is 131 Å². The largest absolute Gasteiger partial charge is 0.453 e. The van der Waals surface area contributed by atoms with Crippen LogP contribution in [-0.2, 0) is 10.9 Å². The summed E-state index contributed by atoms with van der Waals surface area (Å²) in [6.45, 7) is 0.256. The molecule has 0 amide bonds. The van der Waals surface area contributed by atoms with Crippen LogP contribution in [0.2, 0.25) is 0 Å². The highest BCUT2D eigenvalue weighted by molar-refractivity contribution is 5.45. The van der Waals surface area contributed by atoms with E-state index in [4.69, 9.17) is 0 Å². The Kier molecular flexibility index (Phi) is 5.16. The lowest BCUT2D eigenvalue weighted by Gasteiger charge is -2.10. The van der Waals surface area contributed by atoms with Crippen molar-refractivity contribution in [3.63, 3.8) is 0 Å². The Hall–Kier alpha value is -2.11. The maximum Gasteiger partial charge on any atom is 0.453 e. The van der Waals surface area contributed by atoms with E-state index in [9.17, 15) is 26.3 Å². The van der Waals surface area contributed by atoms with Crippen molar-refractivity contribution in [3.8, 4) is 0 Å². The minimum absolute atomic E-state index is 0.148. The molecule has 0 aliphatic heterocycles. The van der Waals surface area contributed by atoms with E-state index in [2.05, 4.69) is 25.1 Å². The average molecular weight is 357 g/mol. The summed E-state index contributed by atoms with van der Waals surface area (Å²) < 4.78 is 79.0. The minimum Gasteiger partial charge on any atom is -0.372 e. The van der Waals surface area contributed by atoms with E-state index in [1.54, 1.807) is 6.92 Å². The Bertz CT molecular complexity index is 696. The molecule has 0 unspecified atom stereocenters. The molecule has 0 atom stereocenters. The van der Waals surface area contributed by atoms with Gasteiger partial charge in [-0.05, 0) is 13.3 Å². The number of nitrogens with zero attached hydrogens (tertiary/aromatic N) is 4. The molecule has 12 heteroatoms. The quantitative estimate of drug-likeness (QED) is 0.636. The van der Waals surface area contributed by atoms with E-state index in [-0.39, 0.29) is 31.2 Å². The van der Waals surface area contributed by atoms with Gasteiger partial charge in [-0.3, -0.25) is 0 Å². The first-order valence-electron chi connectivity index (χ1n) is 6.76. The van der Waals surface area contributed by atoms with Crippen molar-refractivity contribution in [1.82, 2.24) is 19.6 Å². The zero-order valence-corrected chi connectivity index (χ0v) is 12.4. The van der Waals surface area contributed by atoms with E-state index in [0.29, 0.717) is 5.69 Å². The lowest BCUT2D eigenvalue weighted by Crippen LogP contribution is -2.18. The van der Waals surface area contributed by atoms with Crippen LogP contribution in [-0.4, -0.2) is 45.5 Å². The molecule has 0 aliphatic rings. The Balaban J connectivity index is 2.00. The molecule has 2 rings (SSSR count). The van der Waals surface area contributed by atoms with Crippen LogP contribution in [0.15, 0.2) is 6.07 Å². The standard InChI is InChI=1S/C12H13F6N5O/c1-7-5-8(19-3-2-4-24-6-11(13,14)15)23-10(20-7)21-9(22-23)12(16,17)18/h5,19H,2-4,6H2,1H3. The van der Waals surface area contributed by atoms with E-state index >= 15 is 0 Å². The third-order valence-electron chi connectivity index (χ3n) is 2.73. The van der Waals surface area contributed by atoms with Gasteiger partial charge in [0, 0.05) is 24.9 Å². The number of alkyl halides is 6. The number of hydrogen-bond acceptors (Lipinski definition) is 5. The lowest BCUT2D eigenvalue weighted by molar-refractivity contribution is -0.173. The monoisotopic (exact) mass is 357 g/mol. The number of aryl methyl sites for hydroxylation is 1. The number of fused-ring (bicyclic) bond motifs is 1. The van der Waals surface area contributed by atoms with Gasteiger partial charge < -0.3 is 10.1 Å². The van der Waals surface area contributed by atoms with Gasteiger partial charge >= 0.3 is 12.4 Å². The van der Waals surface area contributed by atoms with Gasteiger partial charge in [0.1, 0.15) is 12.4 Å². The fraction of sp³-hybridized carbons (Fsp3) is 0.583. The summed E-state index contributed by atoms with van der Waals surface area (Å²) in [4.78, 5) is 7.17. The van der Waals surface area contributed by atoms with Gasteiger partial charge in [0.2, 0.25) is 0 Å². The molecule has 0 aliphatic carbocycles. The summed E-state index contributed by atoms with van der Waals surface area (Å²) >= 11 is 0. The summed E-state index contributed by atoms with van der Waals surface area (Å²) in [6, 6.07) is 1.46. The van der Waals surface area contributed by atoms with E-state index in [1.165, 1.54) is 6.07 Å². The molecule has 1 N–H and O–H groups in total. The predicted octanol–water partition coefficient (Wildman–Crippen LogP) is 2.83. The molecule has 0 bridgehead atoms. The van der Waals surface area contributed by atoms with Crippen molar-refractivity contribution >= 4 is 11.6 Å². The summed E-state index contributed by atoms with van der Waals surface area (Å²) in [6.07, 6.45) is -8.87. The van der Waals surface area contributed by atoms with Gasteiger partial charge in [0.15, 0.2) is 0 Å². The van der Waals surface area contributed by atoms with E-state index < -0.39 is 24.8 Å². The molecule has 0 radical (unpaired) electrons. The molecule has 6 nitrogen and oxygen atoms in total. The molecule has 0 fully saturated rings. The van der Waals surface area contributed by atoms with Crippen molar-refractivity contribution in [2.45, 2.75) is 25.7 Å². The van der Waals surface area contributed by atoms with E-state index in [1.807, 2.05) is 0 Å². The first-order valence-corrected chi connectivity index (χ1v) is 6.76. The second-order valence-electron chi connectivity index (χ2n) is 4.88. The number of halogens is 6. The van der Waals surface area contributed by atoms with Crippen molar-refractivity contribution in [3.05, 3.63) is 17.6 Å². The maximum absolute atomic E-state index is 12.7. The lowest BCUT2D eigenvalue weighted by atomic mass is 10.4. The molecule has 24 heavy (non-hydrogen) atoms. The van der Waals surface area contributed by atoms with Gasteiger partial charge in [0.25, 0.3) is 11.6 Å². The van der Waals surface area contributed by atoms with Crippen LogP contribution in [0.1, 0.15) is 17.9 Å². The topological polar surface area (TPSA) is 64.3 Å². The SMILES string of the molecule is Cc1cc(NCCCOCC(F)(F)F)n2nc(C(F)(F)F)nc2n1. The normalized spacial score (nSPS) is 12.8. The number of ether oxygens (including phenoxy) is 1. The third-order valence-corrected chi connectivity index (χ3v) is 2.73. The molecule has 0 spiro atoms. The molecule has 0 saturated carbocycles. The van der Waals surface area contributed by atoms with E-state index in [0.717, 1.165) is 4.52 Å². The zero-order valence-electron chi connectivity index (χ0n) is 12.4. The molecule has 2 aromatic heterocycles. The number of aromatic nitrogens is 4. The summed E-state index contributed by atoms with van der Waals surface area (Å²) in [7, 11) is 0. The van der Waals surface area contributed by atoms with Gasteiger partial charge in [-0.2, -0.15) is 35.8 Å². The molecule has 2 heterocycles. The fourth-order valence-electron chi connectivity index (χ4n) is 1.81. The van der Waals surface area contributed by atoms with Crippen LogP contribution in [0.5, 0.6) is 0 Å². The van der Waals surface area contributed by atoms with Crippen LogP contribution >= 0.6 is 0 Å². The highest BCUT2D eigenvalue weighted by Crippen LogP contribution is 2.27. The van der Waals surface area contributed by atoms with Crippen LogP contribution in [0.25, 0.3) is 5.78 Å². The van der Waals surface area contributed by atoms with Crippen molar-refractivity contribution < 1.29 is 31.1 Å². The first kappa shape index (κ1) is 18.2. The molecular weight excluding hydrogens is 344 g/mol. The van der Waals surface area contributed by atoms with Gasteiger partial charge in [-0.15, -0.1) is 5.10 Å². The van der Waals surface area contributed by atoms with Crippen LogP contribution in [0.3, 0.4) is 0 Å². The molecule has 134 valence electrons. The second-order valence-corrected chi connectivity index (χ2v) is 4.88. The van der Waals surface area contributed by atoms with Gasteiger partial charge in [-0.25, -0.2) is 4.98 Å². The van der Waals surface area contributed by atoms with Gasteiger partial charge in [0.05, 0.1) is 0 Å². The summed E-state index contributed by atoms with van der Waals surface area (Å²) in [5.74, 6) is -1.34. The smallest absolute Gasteiger partial charge is 0.372 e. The van der Waals surface area contributed by atoms with Crippen LogP contribution in [0, 0.1) is 6.92 Å². The summed E-state index contributed by atoms with van der Waals surface area (Å²) in [5.41, 5.74) is 0.416.